The van der Waals surface area contributed by atoms with E-state index in [4.69, 9.17) is 4.42 Å². The number of fused-ring (bicyclic) bond motifs is 6. The second-order valence-corrected chi connectivity index (χ2v) is 14.5. The molecule has 0 amide bonds. The van der Waals surface area contributed by atoms with Gasteiger partial charge in [0, 0.05) is 49.9 Å². The highest BCUT2D eigenvalue weighted by atomic mass is 16.3. The molecule has 2 aromatic heterocycles. The summed E-state index contributed by atoms with van der Waals surface area (Å²) < 4.78 is 9.07. The molecule has 0 saturated heterocycles. The van der Waals surface area contributed by atoms with Crippen molar-refractivity contribution in [2.75, 3.05) is 4.90 Å². The topological polar surface area (TPSA) is 21.3 Å². The van der Waals surface area contributed by atoms with Gasteiger partial charge in [-0.2, -0.15) is 0 Å². The summed E-state index contributed by atoms with van der Waals surface area (Å²) in [6.07, 6.45) is 0. The van der Waals surface area contributed by atoms with Crippen LogP contribution >= 0.6 is 0 Å². The van der Waals surface area contributed by atoms with Gasteiger partial charge in [-0.1, -0.05) is 158 Å². The Balaban J connectivity index is 1.13. The summed E-state index contributed by atoms with van der Waals surface area (Å²) in [6, 6.07) is 78.1. The summed E-state index contributed by atoms with van der Waals surface area (Å²) in [5.74, 6) is 0. The van der Waals surface area contributed by atoms with Gasteiger partial charge in [0.15, 0.2) is 0 Å². The second-order valence-electron chi connectivity index (χ2n) is 14.5. The molecule has 0 atom stereocenters. The molecule has 0 spiro atoms. The van der Waals surface area contributed by atoms with Crippen LogP contribution in [-0.2, 0) is 0 Å². The molecule has 0 fully saturated rings. The van der Waals surface area contributed by atoms with Crippen molar-refractivity contribution in [3.8, 4) is 39.1 Å². The first-order valence-electron chi connectivity index (χ1n) is 19.4. The third-order valence-corrected chi connectivity index (χ3v) is 11.2. The predicted octanol–water partition coefficient (Wildman–Crippen LogP) is 15.2. The molecular formula is C54H36N2O. The van der Waals surface area contributed by atoms with Crippen molar-refractivity contribution < 1.29 is 4.42 Å². The van der Waals surface area contributed by atoms with Crippen LogP contribution < -0.4 is 4.90 Å². The minimum absolute atomic E-state index is 0.893. The highest BCUT2D eigenvalue weighted by Gasteiger charge is 2.20. The quantitative estimate of drug-likeness (QED) is 0.163. The van der Waals surface area contributed by atoms with Gasteiger partial charge in [0.2, 0.25) is 0 Å². The van der Waals surface area contributed by atoms with E-state index in [-0.39, 0.29) is 0 Å². The summed E-state index contributed by atoms with van der Waals surface area (Å²) in [7, 11) is 0. The van der Waals surface area contributed by atoms with Crippen LogP contribution in [0.2, 0.25) is 0 Å². The molecule has 0 aliphatic heterocycles. The molecule has 0 aliphatic carbocycles. The number of rotatable bonds is 7. The summed E-state index contributed by atoms with van der Waals surface area (Å²) in [6.45, 7) is 0. The summed E-state index contributed by atoms with van der Waals surface area (Å²) >= 11 is 0. The van der Waals surface area contributed by atoms with Crippen molar-refractivity contribution in [2.24, 2.45) is 0 Å². The van der Waals surface area contributed by atoms with E-state index >= 15 is 0 Å². The zero-order valence-corrected chi connectivity index (χ0v) is 31.1. The maximum absolute atomic E-state index is 6.65. The van der Waals surface area contributed by atoms with E-state index in [1.807, 2.05) is 6.07 Å². The predicted molar refractivity (Wildman–Crippen MR) is 239 cm³/mol. The van der Waals surface area contributed by atoms with Crippen molar-refractivity contribution in [1.29, 1.82) is 0 Å². The standard InChI is InChI=1S/C54H36N2O/c1-4-15-37(16-5-1)38-27-29-41(30-28-38)55(40-19-8-3-9-20-40)43-32-34-46-45-21-10-12-25-51(45)56(52(46)36-43)42-31-33-44(39-17-6-2-7-18-39)50(35-42)49-24-14-23-48-47-22-11-13-26-53(47)57-54(48)49/h1-36H. The van der Waals surface area contributed by atoms with Crippen LogP contribution in [0.15, 0.2) is 223 Å². The number of hydrogen-bond acceptors (Lipinski definition) is 2. The van der Waals surface area contributed by atoms with Crippen molar-refractivity contribution >= 4 is 60.8 Å². The fourth-order valence-corrected chi connectivity index (χ4v) is 8.56. The molecule has 9 aromatic carbocycles. The van der Waals surface area contributed by atoms with E-state index in [0.717, 1.165) is 78.0 Å². The van der Waals surface area contributed by atoms with E-state index in [0.29, 0.717) is 0 Å². The molecule has 3 heteroatoms. The number of benzene rings is 9. The first-order chi connectivity index (χ1) is 28.3. The molecule has 3 nitrogen and oxygen atoms in total. The van der Waals surface area contributed by atoms with Crippen molar-refractivity contribution in [3.05, 3.63) is 218 Å². The van der Waals surface area contributed by atoms with Gasteiger partial charge in [-0.15, -0.1) is 0 Å². The molecule has 57 heavy (non-hydrogen) atoms. The van der Waals surface area contributed by atoms with Gasteiger partial charge in [-0.25, -0.2) is 0 Å². The average molecular weight is 729 g/mol. The SMILES string of the molecule is c1ccc(-c2ccc(N(c3ccccc3)c3ccc4c5ccccc5n(-c5ccc(-c6ccccc6)c(-c6cccc7c6oc6ccccc67)c5)c4c3)cc2)cc1. The lowest BCUT2D eigenvalue weighted by molar-refractivity contribution is 0.670. The molecule has 0 bridgehead atoms. The molecular weight excluding hydrogens is 693 g/mol. The fraction of sp³-hybridized carbons (Fsp3) is 0. The molecule has 268 valence electrons. The van der Waals surface area contributed by atoms with Gasteiger partial charge in [0.05, 0.1) is 11.0 Å². The molecule has 0 aliphatic rings. The number of aromatic nitrogens is 1. The van der Waals surface area contributed by atoms with Crippen LogP contribution in [0, 0.1) is 0 Å². The maximum Gasteiger partial charge on any atom is 0.143 e. The van der Waals surface area contributed by atoms with Crippen LogP contribution in [0.1, 0.15) is 0 Å². The average Bonchev–Trinajstić information content (AvgIpc) is 3.83. The Kier molecular flexibility index (Phi) is 7.82. The van der Waals surface area contributed by atoms with Gasteiger partial charge < -0.3 is 13.9 Å². The summed E-state index contributed by atoms with van der Waals surface area (Å²) in [5, 5.41) is 4.66. The van der Waals surface area contributed by atoms with Crippen LogP contribution in [0.4, 0.5) is 17.1 Å². The largest absolute Gasteiger partial charge is 0.455 e. The van der Waals surface area contributed by atoms with Crippen molar-refractivity contribution in [3.63, 3.8) is 0 Å². The third-order valence-electron chi connectivity index (χ3n) is 11.2. The Hall–Kier alpha value is -7.62. The van der Waals surface area contributed by atoms with Crippen molar-refractivity contribution in [2.45, 2.75) is 0 Å². The number of hydrogen-bond donors (Lipinski definition) is 0. The van der Waals surface area contributed by atoms with E-state index in [2.05, 4.69) is 222 Å². The van der Waals surface area contributed by atoms with E-state index < -0.39 is 0 Å². The van der Waals surface area contributed by atoms with E-state index in [9.17, 15) is 0 Å². The maximum atomic E-state index is 6.65. The van der Waals surface area contributed by atoms with Crippen LogP contribution in [0.25, 0.3) is 82.8 Å². The Bertz CT molecular complexity index is 3220. The number of furan rings is 1. The smallest absolute Gasteiger partial charge is 0.143 e. The highest BCUT2D eigenvalue weighted by Crippen LogP contribution is 2.44. The summed E-state index contributed by atoms with van der Waals surface area (Å²) in [5.41, 5.74) is 15.3. The van der Waals surface area contributed by atoms with Crippen LogP contribution in [-0.4, -0.2) is 4.57 Å². The normalized spacial score (nSPS) is 11.5. The number of para-hydroxylation sites is 4. The summed E-state index contributed by atoms with van der Waals surface area (Å²) in [4.78, 5) is 2.35. The first-order valence-corrected chi connectivity index (χ1v) is 19.4. The number of nitrogens with zero attached hydrogens (tertiary/aromatic N) is 2. The molecule has 2 heterocycles. The molecule has 0 saturated carbocycles. The van der Waals surface area contributed by atoms with Gasteiger partial charge >= 0.3 is 0 Å². The lowest BCUT2D eigenvalue weighted by Crippen LogP contribution is -2.10. The molecule has 0 radical (unpaired) electrons. The zero-order valence-electron chi connectivity index (χ0n) is 31.1. The Morgan fingerprint density at radius 1 is 0.333 bits per heavy atom. The molecule has 11 rings (SSSR count). The first kappa shape index (κ1) is 32.8. The Morgan fingerprint density at radius 3 is 1.72 bits per heavy atom. The van der Waals surface area contributed by atoms with Crippen LogP contribution in [0.5, 0.6) is 0 Å². The monoisotopic (exact) mass is 728 g/mol. The lowest BCUT2D eigenvalue weighted by atomic mass is 9.93. The van der Waals surface area contributed by atoms with Crippen molar-refractivity contribution in [1.82, 2.24) is 4.57 Å². The fourth-order valence-electron chi connectivity index (χ4n) is 8.56. The minimum Gasteiger partial charge on any atom is -0.455 e. The molecule has 0 N–H and O–H groups in total. The van der Waals surface area contributed by atoms with Crippen LogP contribution in [0.3, 0.4) is 0 Å². The minimum atomic E-state index is 0.893. The van der Waals surface area contributed by atoms with E-state index in [1.165, 1.54) is 21.9 Å². The Labute approximate surface area is 330 Å². The van der Waals surface area contributed by atoms with Gasteiger partial charge in [0.25, 0.3) is 0 Å². The third kappa shape index (κ3) is 5.60. The Morgan fingerprint density at radius 2 is 0.930 bits per heavy atom. The van der Waals surface area contributed by atoms with Gasteiger partial charge in [-0.3, -0.25) is 0 Å². The zero-order chi connectivity index (χ0) is 37.7. The lowest BCUT2D eigenvalue weighted by Gasteiger charge is -2.26. The van der Waals surface area contributed by atoms with E-state index in [1.54, 1.807) is 0 Å². The van der Waals surface area contributed by atoms with Gasteiger partial charge in [-0.05, 0) is 88.5 Å². The number of anilines is 3. The van der Waals surface area contributed by atoms with Gasteiger partial charge in [0.1, 0.15) is 11.2 Å². The highest BCUT2D eigenvalue weighted by molar-refractivity contribution is 6.12. The second kappa shape index (κ2) is 13.6. The molecule has 0 unspecified atom stereocenters. The molecule has 11 aromatic rings.